The van der Waals surface area contributed by atoms with Crippen LogP contribution in [0, 0.1) is 0 Å². The van der Waals surface area contributed by atoms with Gasteiger partial charge in [-0.2, -0.15) is 0 Å². The number of anilines is 1. The van der Waals surface area contributed by atoms with Crippen LogP contribution in [-0.2, 0) is 11.3 Å². The number of fused-ring (bicyclic) bond motifs is 1. The highest BCUT2D eigenvalue weighted by Gasteiger charge is 2.38. The molecule has 1 atom stereocenters. The molecule has 1 aromatic heterocycles. The Bertz CT molecular complexity index is 1120. The number of imidazole rings is 1. The van der Waals surface area contributed by atoms with Gasteiger partial charge in [-0.3, -0.25) is 4.79 Å². The lowest BCUT2D eigenvalue weighted by Gasteiger charge is -2.15. The van der Waals surface area contributed by atoms with Crippen LogP contribution in [0.4, 0.5) is 5.69 Å². The molecule has 4 aromatic rings. The number of aromatic amines is 1. The normalized spacial score (nSPS) is 16.8. The summed E-state index contributed by atoms with van der Waals surface area (Å²) in [7, 11) is 0. The van der Waals surface area contributed by atoms with Crippen molar-refractivity contribution >= 4 is 22.6 Å². The zero-order valence-electron chi connectivity index (χ0n) is 15.6. The van der Waals surface area contributed by atoms with E-state index in [9.17, 15) is 4.79 Å². The van der Waals surface area contributed by atoms with E-state index < -0.39 is 0 Å². The zero-order valence-corrected chi connectivity index (χ0v) is 15.6. The van der Waals surface area contributed by atoms with Crippen LogP contribution in [-0.4, -0.2) is 17.4 Å². The number of benzene rings is 3. The largest absolute Gasteiger partial charge is 0.311 e. The fourth-order valence-corrected chi connectivity index (χ4v) is 4.16. The van der Waals surface area contributed by atoms with Crippen molar-refractivity contribution < 1.29 is 9.36 Å². The van der Waals surface area contributed by atoms with Crippen LogP contribution in [0.1, 0.15) is 23.7 Å². The quantitative estimate of drug-likeness (QED) is 0.543. The fourth-order valence-electron chi connectivity index (χ4n) is 4.16. The molecule has 0 saturated carbocycles. The van der Waals surface area contributed by atoms with Gasteiger partial charge in [0.15, 0.2) is 11.0 Å². The van der Waals surface area contributed by atoms with Crippen molar-refractivity contribution in [3.63, 3.8) is 0 Å². The molecule has 0 aliphatic carbocycles. The monoisotopic (exact) mass is 368 g/mol. The van der Waals surface area contributed by atoms with Gasteiger partial charge >= 0.3 is 0 Å². The highest BCUT2D eigenvalue weighted by molar-refractivity contribution is 5.96. The third kappa shape index (κ3) is 2.97. The Labute approximate surface area is 164 Å². The number of nitrogens with zero attached hydrogens (tertiary/aromatic N) is 2. The third-order valence-corrected chi connectivity index (χ3v) is 5.51. The molecule has 138 valence electrons. The van der Waals surface area contributed by atoms with E-state index in [1.165, 1.54) is 11.1 Å². The lowest BCUT2D eigenvalue weighted by Crippen LogP contribution is -2.39. The molecular formula is C24H22N3O+. The van der Waals surface area contributed by atoms with E-state index in [1.54, 1.807) is 0 Å². The molecule has 1 aliphatic heterocycles. The van der Waals surface area contributed by atoms with Gasteiger partial charge in [0.2, 0.25) is 5.91 Å². The van der Waals surface area contributed by atoms with E-state index in [4.69, 9.17) is 0 Å². The Morgan fingerprint density at radius 2 is 1.57 bits per heavy atom. The fraction of sp³-hybridized carbons (Fsp3) is 0.167. The summed E-state index contributed by atoms with van der Waals surface area (Å²) in [4.78, 5) is 18.3. The number of carbonyl (C=O) groups is 1. The van der Waals surface area contributed by atoms with Crippen molar-refractivity contribution in [2.45, 2.75) is 18.9 Å². The second-order valence-corrected chi connectivity index (χ2v) is 7.34. The number of H-pyrrole nitrogens is 1. The van der Waals surface area contributed by atoms with Crippen molar-refractivity contribution in [3.05, 3.63) is 96.3 Å². The summed E-state index contributed by atoms with van der Waals surface area (Å²) >= 11 is 0. The van der Waals surface area contributed by atoms with Crippen molar-refractivity contribution in [2.75, 3.05) is 11.4 Å². The molecule has 1 fully saturated rings. The van der Waals surface area contributed by atoms with Crippen LogP contribution >= 0.6 is 0 Å². The Balaban J connectivity index is 1.54. The molecule has 3 aromatic carbocycles. The topological polar surface area (TPSA) is 40.0 Å². The van der Waals surface area contributed by atoms with E-state index in [2.05, 4.69) is 52.0 Å². The van der Waals surface area contributed by atoms with Gasteiger partial charge < -0.3 is 4.90 Å². The summed E-state index contributed by atoms with van der Waals surface area (Å²) in [5.74, 6) is 1.45. The van der Waals surface area contributed by atoms with Gasteiger partial charge in [-0.25, -0.2) is 9.55 Å². The average Bonchev–Trinajstić information content (AvgIpc) is 3.30. The Kier molecular flexibility index (Phi) is 4.17. The molecule has 1 unspecified atom stereocenters. The number of amides is 1. The molecule has 0 radical (unpaired) electrons. The van der Waals surface area contributed by atoms with Crippen LogP contribution in [0.5, 0.6) is 0 Å². The molecule has 1 aliphatic rings. The average molecular weight is 368 g/mol. The first-order valence-corrected chi connectivity index (χ1v) is 9.69. The Morgan fingerprint density at radius 3 is 2.36 bits per heavy atom. The number of hydrogen-bond donors (Lipinski definition) is 1. The number of rotatable bonds is 4. The molecule has 28 heavy (non-hydrogen) atoms. The third-order valence-electron chi connectivity index (χ3n) is 5.51. The summed E-state index contributed by atoms with van der Waals surface area (Å²) in [6, 6.07) is 28.8. The first-order chi connectivity index (χ1) is 13.8. The van der Waals surface area contributed by atoms with Crippen LogP contribution < -0.4 is 9.47 Å². The maximum Gasteiger partial charge on any atom is 0.260 e. The zero-order chi connectivity index (χ0) is 18.9. The van der Waals surface area contributed by atoms with Gasteiger partial charge in [0.25, 0.3) is 5.82 Å². The first kappa shape index (κ1) is 16.8. The first-order valence-electron chi connectivity index (χ1n) is 9.69. The van der Waals surface area contributed by atoms with E-state index in [0.717, 1.165) is 23.6 Å². The van der Waals surface area contributed by atoms with Crippen LogP contribution in [0.15, 0.2) is 84.9 Å². The maximum absolute atomic E-state index is 12.7. The van der Waals surface area contributed by atoms with Gasteiger partial charge in [-0.1, -0.05) is 60.7 Å². The van der Waals surface area contributed by atoms with E-state index in [1.807, 2.05) is 47.4 Å². The standard InChI is InChI=1S/C24H21N3O/c28-23-15-19(17-26(23)20-11-5-2-6-12-20)24-25-21-13-7-8-14-22(21)27(24)16-18-9-3-1-4-10-18/h1-14,19H,15-17H2/p+1. The smallest absolute Gasteiger partial charge is 0.260 e. The predicted molar refractivity (Wildman–Crippen MR) is 110 cm³/mol. The van der Waals surface area contributed by atoms with E-state index in [0.29, 0.717) is 13.0 Å². The van der Waals surface area contributed by atoms with Crippen LogP contribution in [0.3, 0.4) is 0 Å². The van der Waals surface area contributed by atoms with Crippen LogP contribution in [0.25, 0.3) is 11.0 Å². The second-order valence-electron chi connectivity index (χ2n) is 7.34. The molecule has 5 rings (SSSR count). The minimum absolute atomic E-state index is 0.142. The number of nitrogens with one attached hydrogen (secondary N) is 1. The number of hydrogen-bond acceptors (Lipinski definition) is 1. The Morgan fingerprint density at radius 1 is 0.893 bits per heavy atom. The summed E-state index contributed by atoms with van der Waals surface area (Å²) in [5, 5.41) is 0. The minimum Gasteiger partial charge on any atom is -0.311 e. The van der Waals surface area contributed by atoms with Crippen molar-refractivity contribution in [3.8, 4) is 0 Å². The van der Waals surface area contributed by atoms with E-state index >= 15 is 0 Å². The van der Waals surface area contributed by atoms with Gasteiger partial charge in [0.1, 0.15) is 6.54 Å². The molecule has 1 amide bonds. The van der Waals surface area contributed by atoms with Gasteiger partial charge in [0.05, 0.1) is 5.92 Å². The van der Waals surface area contributed by atoms with Crippen LogP contribution in [0.2, 0.25) is 0 Å². The Hall–Kier alpha value is -3.40. The summed E-state index contributed by atoms with van der Waals surface area (Å²) < 4.78 is 2.33. The molecule has 2 heterocycles. The van der Waals surface area contributed by atoms with Crippen molar-refractivity contribution in [2.24, 2.45) is 0 Å². The predicted octanol–water partition coefficient (Wildman–Crippen LogP) is 4.02. The highest BCUT2D eigenvalue weighted by Crippen LogP contribution is 2.30. The number of para-hydroxylation sites is 3. The molecule has 1 saturated heterocycles. The summed E-state index contributed by atoms with van der Waals surface area (Å²) in [6.45, 7) is 1.49. The molecule has 0 bridgehead atoms. The molecule has 0 spiro atoms. The lowest BCUT2D eigenvalue weighted by molar-refractivity contribution is -0.671. The molecule has 1 N–H and O–H groups in total. The maximum atomic E-state index is 12.7. The number of aromatic nitrogens is 2. The minimum atomic E-state index is 0.142. The second kappa shape index (κ2) is 6.97. The van der Waals surface area contributed by atoms with Crippen molar-refractivity contribution in [1.82, 2.24) is 4.98 Å². The summed E-state index contributed by atoms with van der Waals surface area (Å²) in [5.41, 5.74) is 4.51. The van der Waals surface area contributed by atoms with E-state index in [-0.39, 0.29) is 11.8 Å². The number of carbonyl (C=O) groups excluding carboxylic acids is 1. The summed E-state index contributed by atoms with van der Waals surface area (Å²) in [6.07, 6.45) is 0.524. The van der Waals surface area contributed by atoms with Gasteiger partial charge in [0, 0.05) is 18.7 Å². The molecular weight excluding hydrogens is 346 g/mol. The van der Waals surface area contributed by atoms with Crippen molar-refractivity contribution in [1.29, 1.82) is 0 Å². The molecule has 4 nitrogen and oxygen atoms in total. The lowest BCUT2D eigenvalue weighted by atomic mass is 10.1. The highest BCUT2D eigenvalue weighted by atomic mass is 16.2. The SMILES string of the molecule is O=C1CC(c2[nH]c3ccccc3[n+]2Cc2ccccc2)CN1c1ccccc1. The van der Waals surface area contributed by atoms with Gasteiger partial charge in [-0.15, -0.1) is 0 Å². The molecule has 4 heteroatoms. The van der Waals surface area contributed by atoms with Gasteiger partial charge in [-0.05, 0) is 29.8 Å².